The number of hydrogen-bond donors (Lipinski definition) is 1. The van der Waals surface area contributed by atoms with Gasteiger partial charge in [0.25, 0.3) is 0 Å². The molecule has 2 nitrogen and oxygen atoms in total. The minimum atomic E-state index is 0.424. The first-order valence-electron chi connectivity index (χ1n) is 10.1. The van der Waals surface area contributed by atoms with E-state index < -0.39 is 0 Å². The quantitative estimate of drug-likeness (QED) is 0.691. The van der Waals surface area contributed by atoms with E-state index in [0.717, 1.165) is 19.3 Å². The van der Waals surface area contributed by atoms with Crippen molar-refractivity contribution in [1.29, 1.82) is 0 Å². The highest BCUT2D eigenvalue weighted by Crippen LogP contribution is 2.34. The zero-order chi connectivity index (χ0) is 19.2. The third-order valence-electron chi connectivity index (χ3n) is 5.41. The topological polar surface area (TPSA) is 29.3 Å². The Morgan fingerprint density at radius 2 is 1.63 bits per heavy atom. The van der Waals surface area contributed by atoms with Crippen LogP contribution in [0.25, 0.3) is 0 Å². The first-order valence-corrected chi connectivity index (χ1v) is 10.1. The Hall–Kier alpha value is -2.32. The monoisotopic (exact) mass is 360 g/mol. The van der Waals surface area contributed by atoms with E-state index in [1.807, 2.05) is 5.01 Å². The lowest BCUT2D eigenvalue weighted by Crippen LogP contribution is -2.36. The molecule has 2 aromatic carbocycles. The van der Waals surface area contributed by atoms with Crippen molar-refractivity contribution >= 4 is 0 Å². The van der Waals surface area contributed by atoms with Crippen LogP contribution in [0.1, 0.15) is 55.7 Å². The summed E-state index contributed by atoms with van der Waals surface area (Å²) in [5.41, 5.74) is 6.83. The first-order chi connectivity index (χ1) is 13.0. The molecule has 4 rings (SSSR count). The number of benzene rings is 2. The molecule has 1 heterocycles. The number of nitrogens with zero attached hydrogens (tertiary/aromatic N) is 1. The number of hydrogen-bond acceptors (Lipinski definition) is 2. The van der Waals surface area contributed by atoms with Crippen LogP contribution < -0.4 is 5.84 Å². The molecule has 0 amide bonds. The predicted molar refractivity (Wildman–Crippen MR) is 115 cm³/mol. The average Bonchev–Trinajstić information content (AvgIpc) is 2.99. The van der Waals surface area contributed by atoms with Gasteiger partial charge >= 0.3 is 0 Å². The number of rotatable bonds is 3. The van der Waals surface area contributed by atoms with Gasteiger partial charge in [0.15, 0.2) is 0 Å². The molecule has 2 aromatic rings. The van der Waals surface area contributed by atoms with Crippen LogP contribution in [0.3, 0.4) is 0 Å². The van der Waals surface area contributed by atoms with E-state index in [0.29, 0.717) is 12.0 Å². The summed E-state index contributed by atoms with van der Waals surface area (Å²) in [7, 11) is 0. The second-order valence-corrected chi connectivity index (χ2v) is 7.92. The van der Waals surface area contributed by atoms with Crippen molar-refractivity contribution in [3.05, 3.63) is 94.7 Å². The van der Waals surface area contributed by atoms with E-state index in [1.165, 1.54) is 34.4 Å². The van der Waals surface area contributed by atoms with Gasteiger partial charge in [-0.2, -0.15) is 0 Å². The van der Waals surface area contributed by atoms with Gasteiger partial charge in [-0.1, -0.05) is 86.2 Å². The fraction of sp³-hybridized carbons (Fsp3) is 0.360. The molecule has 0 radical (unpaired) electrons. The summed E-state index contributed by atoms with van der Waals surface area (Å²) >= 11 is 0. The lowest BCUT2D eigenvalue weighted by atomic mass is 10.00. The van der Waals surface area contributed by atoms with Gasteiger partial charge in [-0.05, 0) is 55.2 Å². The first kappa shape index (κ1) is 19.4. The Morgan fingerprint density at radius 1 is 0.963 bits per heavy atom. The highest BCUT2D eigenvalue weighted by atomic mass is 15.4. The van der Waals surface area contributed by atoms with Crippen LogP contribution in [0.5, 0.6) is 0 Å². The van der Waals surface area contributed by atoms with Crippen LogP contribution in [0.15, 0.2) is 78.0 Å². The molecule has 1 atom stereocenters. The highest BCUT2D eigenvalue weighted by molar-refractivity contribution is 5.38. The number of hydrazine groups is 1. The molecule has 1 saturated heterocycles. The number of allylic oxidation sites excluding steroid dienone is 3. The molecule has 1 fully saturated rings. The van der Waals surface area contributed by atoms with Gasteiger partial charge in [0.1, 0.15) is 0 Å². The van der Waals surface area contributed by atoms with E-state index >= 15 is 0 Å². The lowest BCUT2D eigenvalue weighted by Gasteiger charge is -2.22. The molecule has 0 bridgehead atoms. The van der Waals surface area contributed by atoms with Gasteiger partial charge in [0.05, 0.1) is 11.7 Å². The van der Waals surface area contributed by atoms with E-state index in [-0.39, 0.29) is 0 Å². The largest absolute Gasteiger partial charge is 0.307 e. The molecule has 142 valence electrons. The normalized spacial score (nSPS) is 18.4. The maximum Gasteiger partial charge on any atom is 0.0533 e. The van der Waals surface area contributed by atoms with Crippen molar-refractivity contribution < 1.29 is 0 Å². The Kier molecular flexibility index (Phi) is 6.52. The van der Waals surface area contributed by atoms with Crippen LogP contribution in [0.4, 0.5) is 0 Å². The van der Waals surface area contributed by atoms with Crippen molar-refractivity contribution in [3.63, 3.8) is 0 Å². The third-order valence-corrected chi connectivity index (χ3v) is 5.41. The molecule has 2 heteroatoms. The minimum absolute atomic E-state index is 0.424. The van der Waals surface area contributed by atoms with Crippen molar-refractivity contribution in [2.24, 2.45) is 5.84 Å². The van der Waals surface area contributed by atoms with Gasteiger partial charge in [-0.25, -0.2) is 5.84 Å². The van der Waals surface area contributed by atoms with Crippen molar-refractivity contribution in [1.82, 2.24) is 5.01 Å². The summed E-state index contributed by atoms with van der Waals surface area (Å²) in [5, 5.41) is 1.97. The molecule has 2 aliphatic rings. The predicted octanol–water partition coefficient (Wildman–Crippen LogP) is 5.90. The van der Waals surface area contributed by atoms with E-state index in [4.69, 9.17) is 5.84 Å². The number of nitrogens with two attached hydrogens (primary N) is 1. The Labute approximate surface area is 164 Å². The smallest absolute Gasteiger partial charge is 0.0533 e. The molecular weight excluding hydrogens is 328 g/mol. The standard InChI is InChI=1S/C15H18N2.C10H14/c16-17-14(10-12-6-2-1-3-7-12)11-13-8-4-5-9-15(13)17;1-8(2)10-6-4-9(3)5-7-10/h1-3,6-9,14H,4-5,10-11,16H2;4-8H,1-3H3. The Morgan fingerprint density at radius 3 is 2.26 bits per heavy atom. The zero-order valence-corrected chi connectivity index (χ0v) is 16.9. The molecule has 1 aliphatic carbocycles. The van der Waals surface area contributed by atoms with E-state index in [9.17, 15) is 0 Å². The number of fused-ring (bicyclic) bond motifs is 1. The molecule has 1 aliphatic heterocycles. The Balaban J connectivity index is 0.000000180. The molecule has 0 spiro atoms. The number of aryl methyl sites for hydroxylation is 1. The summed E-state index contributed by atoms with van der Waals surface area (Å²) in [5.74, 6) is 6.86. The van der Waals surface area contributed by atoms with Crippen molar-refractivity contribution in [2.45, 2.75) is 58.4 Å². The van der Waals surface area contributed by atoms with Crippen LogP contribution in [-0.2, 0) is 6.42 Å². The molecule has 1 unspecified atom stereocenters. The lowest BCUT2D eigenvalue weighted by molar-refractivity contribution is 0.300. The molecule has 2 N–H and O–H groups in total. The average molecular weight is 361 g/mol. The SMILES string of the molecule is Cc1ccc(C(C)C)cc1.NN1C2=CCCC=C2CC1Cc1ccccc1. The third kappa shape index (κ3) is 5.11. The molecule has 0 aromatic heterocycles. The maximum absolute atomic E-state index is 6.21. The molecular formula is C25H32N2. The van der Waals surface area contributed by atoms with E-state index in [2.05, 4.69) is 87.5 Å². The van der Waals surface area contributed by atoms with Crippen LogP contribution in [0.2, 0.25) is 0 Å². The summed E-state index contributed by atoms with van der Waals surface area (Å²) in [4.78, 5) is 0. The van der Waals surface area contributed by atoms with Gasteiger partial charge in [-0.3, -0.25) is 0 Å². The summed E-state index contributed by atoms with van der Waals surface area (Å²) in [6.45, 7) is 6.54. The van der Waals surface area contributed by atoms with Gasteiger partial charge < -0.3 is 5.01 Å². The second-order valence-electron chi connectivity index (χ2n) is 7.92. The van der Waals surface area contributed by atoms with E-state index in [1.54, 1.807) is 0 Å². The molecule has 0 saturated carbocycles. The summed E-state index contributed by atoms with van der Waals surface area (Å²) in [6, 6.07) is 19.7. The summed E-state index contributed by atoms with van der Waals surface area (Å²) in [6.07, 6.45) is 9.05. The van der Waals surface area contributed by atoms with Crippen molar-refractivity contribution in [3.8, 4) is 0 Å². The summed E-state index contributed by atoms with van der Waals surface area (Å²) < 4.78 is 0. The Bertz CT molecular complexity index is 785. The fourth-order valence-electron chi connectivity index (χ4n) is 3.73. The van der Waals surface area contributed by atoms with Crippen LogP contribution in [-0.4, -0.2) is 11.1 Å². The van der Waals surface area contributed by atoms with Gasteiger partial charge in [0.2, 0.25) is 0 Å². The minimum Gasteiger partial charge on any atom is -0.307 e. The second kappa shape index (κ2) is 9.05. The van der Waals surface area contributed by atoms with Crippen LogP contribution in [0, 0.1) is 6.92 Å². The van der Waals surface area contributed by atoms with Gasteiger partial charge in [0, 0.05) is 0 Å². The maximum atomic E-state index is 6.21. The highest BCUT2D eigenvalue weighted by Gasteiger charge is 2.30. The van der Waals surface area contributed by atoms with Gasteiger partial charge in [-0.15, -0.1) is 0 Å². The van der Waals surface area contributed by atoms with Crippen molar-refractivity contribution in [2.75, 3.05) is 0 Å². The fourth-order valence-corrected chi connectivity index (χ4v) is 3.73. The zero-order valence-electron chi connectivity index (χ0n) is 16.9. The van der Waals surface area contributed by atoms with Crippen LogP contribution >= 0.6 is 0 Å². The molecule has 27 heavy (non-hydrogen) atoms.